The Bertz CT molecular complexity index is 666. The Balaban J connectivity index is 1.89. The Kier molecular flexibility index (Phi) is 3.98. The molecule has 1 aromatic heterocycles. The molecular weight excluding hydrogens is 278 g/mol. The third-order valence-electron chi connectivity index (χ3n) is 4.31. The van der Waals surface area contributed by atoms with Gasteiger partial charge < -0.3 is 14.6 Å². The number of nitrogens with one attached hydrogen (secondary N) is 1. The SMILES string of the molecule is Cc1nc(-c2ccccc2)oc1C(=O)N1CCNC(C)C1C. The normalized spacial score (nSPS) is 21.9. The average molecular weight is 299 g/mol. The van der Waals surface area contributed by atoms with E-state index in [4.69, 9.17) is 4.42 Å². The molecule has 5 heteroatoms. The van der Waals surface area contributed by atoms with E-state index < -0.39 is 0 Å². The second-order valence-electron chi connectivity index (χ2n) is 5.78. The molecule has 1 aliphatic rings. The van der Waals surface area contributed by atoms with E-state index in [1.807, 2.05) is 42.2 Å². The maximum absolute atomic E-state index is 12.8. The van der Waals surface area contributed by atoms with Gasteiger partial charge in [-0.2, -0.15) is 0 Å². The van der Waals surface area contributed by atoms with E-state index in [1.54, 1.807) is 0 Å². The van der Waals surface area contributed by atoms with Gasteiger partial charge in [-0.05, 0) is 32.9 Å². The smallest absolute Gasteiger partial charge is 0.291 e. The predicted octanol–water partition coefficient (Wildman–Crippen LogP) is 2.47. The van der Waals surface area contributed by atoms with Gasteiger partial charge in [-0.3, -0.25) is 4.79 Å². The minimum Gasteiger partial charge on any atom is -0.431 e. The first-order valence-electron chi connectivity index (χ1n) is 7.65. The van der Waals surface area contributed by atoms with Crippen molar-refractivity contribution in [1.82, 2.24) is 15.2 Å². The highest BCUT2D eigenvalue weighted by molar-refractivity contribution is 5.93. The van der Waals surface area contributed by atoms with Crippen LogP contribution in [0.4, 0.5) is 0 Å². The van der Waals surface area contributed by atoms with Crippen LogP contribution in [0.5, 0.6) is 0 Å². The first-order valence-corrected chi connectivity index (χ1v) is 7.65. The fourth-order valence-corrected chi connectivity index (χ4v) is 2.77. The van der Waals surface area contributed by atoms with Crippen LogP contribution in [0.1, 0.15) is 30.1 Å². The number of benzene rings is 1. The highest BCUT2D eigenvalue weighted by atomic mass is 16.4. The number of hydrogen-bond donors (Lipinski definition) is 1. The van der Waals surface area contributed by atoms with Crippen molar-refractivity contribution in [1.29, 1.82) is 0 Å². The third-order valence-corrected chi connectivity index (χ3v) is 4.31. The Morgan fingerprint density at radius 3 is 2.77 bits per heavy atom. The molecule has 3 rings (SSSR count). The summed E-state index contributed by atoms with van der Waals surface area (Å²) < 4.78 is 5.78. The van der Waals surface area contributed by atoms with Crippen molar-refractivity contribution in [3.8, 4) is 11.5 Å². The van der Waals surface area contributed by atoms with E-state index in [0.29, 0.717) is 23.9 Å². The Morgan fingerprint density at radius 1 is 1.32 bits per heavy atom. The van der Waals surface area contributed by atoms with E-state index in [9.17, 15) is 4.79 Å². The molecule has 22 heavy (non-hydrogen) atoms. The van der Waals surface area contributed by atoms with Gasteiger partial charge in [0.2, 0.25) is 11.7 Å². The van der Waals surface area contributed by atoms with Gasteiger partial charge in [0.05, 0.1) is 5.69 Å². The van der Waals surface area contributed by atoms with Crippen LogP contribution in [-0.4, -0.2) is 41.0 Å². The highest BCUT2D eigenvalue weighted by Gasteiger charge is 2.32. The third kappa shape index (κ3) is 2.64. The summed E-state index contributed by atoms with van der Waals surface area (Å²) in [6, 6.07) is 10.0. The summed E-state index contributed by atoms with van der Waals surface area (Å²) >= 11 is 0. The van der Waals surface area contributed by atoms with Gasteiger partial charge in [-0.15, -0.1) is 0 Å². The van der Waals surface area contributed by atoms with Crippen molar-refractivity contribution in [3.05, 3.63) is 41.8 Å². The molecule has 1 saturated heterocycles. The second kappa shape index (κ2) is 5.93. The monoisotopic (exact) mass is 299 g/mol. The number of amides is 1. The van der Waals surface area contributed by atoms with E-state index in [1.165, 1.54) is 0 Å². The Hall–Kier alpha value is -2.14. The summed E-state index contributed by atoms with van der Waals surface area (Å²) in [4.78, 5) is 19.1. The summed E-state index contributed by atoms with van der Waals surface area (Å²) in [5, 5.41) is 3.37. The van der Waals surface area contributed by atoms with Crippen LogP contribution in [0.15, 0.2) is 34.7 Å². The minimum atomic E-state index is -0.0759. The van der Waals surface area contributed by atoms with Gasteiger partial charge in [-0.25, -0.2) is 4.98 Å². The van der Waals surface area contributed by atoms with Gasteiger partial charge in [-0.1, -0.05) is 18.2 Å². The molecule has 0 bridgehead atoms. The van der Waals surface area contributed by atoms with E-state index >= 15 is 0 Å². The van der Waals surface area contributed by atoms with E-state index in [-0.39, 0.29) is 18.0 Å². The second-order valence-corrected chi connectivity index (χ2v) is 5.78. The molecule has 0 saturated carbocycles. The first kappa shape index (κ1) is 14.8. The Labute approximate surface area is 130 Å². The topological polar surface area (TPSA) is 58.4 Å². The molecule has 0 radical (unpaired) electrons. The highest BCUT2D eigenvalue weighted by Crippen LogP contribution is 2.23. The molecule has 1 fully saturated rings. The predicted molar refractivity (Wildman–Crippen MR) is 84.6 cm³/mol. The molecule has 5 nitrogen and oxygen atoms in total. The van der Waals surface area contributed by atoms with Crippen molar-refractivity contribution in [2.45, 2.75) is 32.9 Å². The zero-order valence-corrected chi connectivity index (χ0v) is 13.2. The maximum Gasteiger partial charge on any atom is 0.291 e. The molecule has 116 valence electrons. The molecule has 0 aliphatic carbocycles. The fraction of sp³-hybridized carbons (Fsp3) is 0.412. The lowest BCUT2D eigenvalue weighted by Gasteiger charge is -2.38. The molecule has 1 aliphatic heterocycles. The number of piperazine rings is 1. The lowest BCUT2D eigenvalue weighted by atomic mass is 10.1. The van der Waals surface area contributed by atoms with Crippen LogP contribution in [0.2, 0.25) is 0 Å². The van der Waals surface area contributed by atoms with Gasteiger partial charge in [0, 0.05) is 30.7 Å². The molecule has 2 atom stereocenters. The summed E-state index contributed by atoms with van der Waals surface area (Å²) in [7, 11) is 0. The van der Waals surface area contributed by atoms with Crippen LogP contribution >= 0.6 is 0 Å². The number of nitrogens with zero attached hydrogens (tertiary/aromatic N) is 2. The fourth-order valence-electron chi connectivity index (χ4n) is 2.77. The van der Waals surface area contributed by atoms with Crippen LogP contribution in [0.3, 0.4) is 0 Å². The number of aromatic nitrogens is 1. The van der Waals surface area contributed by atoms with Gasteiger partial charge in [0.1, 0.15) is 0 Å². The largest absolute Gasteiger partial charge is 0.431 e. The van der Waals surface area contributed by atoms with E-state index in [0.717, 1.165) is 12.1 Å². The molecular formula is C17H21N3O2. The summed E-state index contributed by atoms with van der Waals surface area (Å²) in [6.07, 6.45) is 0. The summed E-state index contributed by atoms with van der Waals surface area (Å²) in [5.41, 5.74) is 1.52. The lowest BCUT2D eigenvalue weighted by molar-refractivity contribution is 0.0570. The lowest BCUT2D eigenvalue weighted by Crippen LogP contribution is -2.57. The van der Waals surface area contributed by atoms with Crippen molar-refractivity contribution in [3.63, 3.8) is 0 Å². The molecule has 1 N–H and O–H groups in total. The Morgan fingerprint density at radius 2 is 2.05 bits per heavy atom. The zero-order valence-electron chi connectivity index (χ0n) is 13.2. The van der Waals surface area contributed by atoms with Gasteiger partial charge >= 0.3 is 0 Å². The number of carbonyl (C=O) groups is 1. The molecule has 1 aromatic carbocycles. The van der Waals surface area contributed by atoms with Crippen molar-refractivity contribution < 1.29 is 9.21 Å². The maximum atomic E-state index is 12.8. The van der Waals surface area contributed by atoms with Crippen LogP contribution in [-0.2, 0) is 0 Å². The van der Waals surface area contributed by atoms with E-state index in [2.05, 4.69) is 24.1 Å². The van der Waals surface area contributed by atoms with Gasteiger partial charge in [0.15, 0.2) is 0 Å². The van der Waals surface area contributed by atoms with Crippen LogP contribution in [0, 0.1) is 6.92 Å². The number of rotatable bonds is 2. The van der Waals surface area contributed by atoms with Crippen LogP contribution < -0.4 is 5.32 Å². The molecule has 2 aromatic rings. The van der Waals surface area contributed by atoms with Crippen LogP contribution in [0.25, 0.3) is 11.5 Å². The average Bonchev–Trinajstić information content (AvgIpc) is 2.92. The van der Waals surface area contributed by atoms with Gasteiger partial charge in [0.25, 0.3) is 5.91 Å². The number of carbonyl (C=O) groups excluding carboxylic acids is 1. The van der Waals surface area contributed by atoms with Crippen molar-refractivity contribution >= 4 is 5.91 Å². The molecule has 1 amide bonds. The quantitative estimate of drug-likeness (QED) is 0.925. The number of aryl methyl sites for hydroxylation is 1. The standard InChI is InChI=1S/C17H21N3O2/c1-11-13(3)20(10-9-18-11)17(21)15-12(2)19-16(22-15)14-7-5-4-6-8-14/h4-8,11,13,18H,9-10H2,1-3H3. The first-order chi connectivity index (χ1) is 10.6. The van der Waals surface area contributed by atoms with Crippen molar-refractivity contribution in [2.75, 3.05) is 13.1 Å². The minimum absolute atomic E-state index is 0.0759. The summed E-state index contributed by atoms with van der Waals surface area (Å²) in [6.45, 7) is 7.45. The number of hydrogen-bond acceptors (Lipinski definition) is 4. The molecule has 2 heterocycles. The zero-order chi connectivity index (χ0) is 15.7. The number of oxazole rings is 1. The van der Waals surface area contributed by atoms with Crippen molar-refractivity contribution in [2.24, 2.45) is 0 Å². The molecule has 0 spiro atoms. The molecule has 2 unspecified atom stereocenters. The summed E-state index contributed by atoms with van der Waals surface area (Å²) in [5.74, 6) is 0.769.